The monoisotopic (exact) mass is 396 g/mol. The summed E-state index contributed by atoms with van der Waals surface area (Å²) < 4.78 is 30.2. The first kappa shape index (κ1) is 21.3. The summed E-state index contributed by atoms with van der Waals surface area (Å²) in [5, 5.41) is 0. The Balaban J connectivity index is 1.83. The number of halogens is 2. The van der Waals surface area contributed by atoms with E-state index in [4.69, 9.17) is 0 Å². The second-order valence-corrected chi connectivity index (χ2v) is 8.24. The molecule has 0 aliphatic carbocycles. The third-order valence-corrected chi connectivity index (χ3v) is 5.65. The van der Waals surface area contributed by atoms with Gasteiger partial charge in [-0.15, -0.1) is 0 Å². The summed E-state index contributed by atoms with van der Waals surface area (Å²) in [4.78, 5) is 2.23. The maximum absolute atomic E-state index is 14.3. The highest BCUT2D eigenvalue weighted by atomic mass is 19.1. The summed E-state index contributed by atoms with van der Waals surface area (Å²) in [7, 11) is 0. The van der Waals surface area contributed by atoms with Crippen molar-refractivity contribution in [1.82, 2.24) is 9.47 Å². The minimum Gasteiger partial charge on any atom is -0.346 e. The van der Waals surface area contributed by atoms with Gasteiger partial charge >= 0.3 is 0 Å². The molecule has 0 bridgehead atoms. The molecule has 0 saturated carbocycles. The molecule has 2 aromatic carbocycles. The van der Waals surface area contributed by atoms with E-state index in [1.54, 1.807) is 0 Å². The normalized spacial score (nSPS) is 12.7. The van der Waals surface area contributed by atoms with Crippen molar-refractivity contribution in [2.75, 3.05) is 0 Å². The van der Waals surface area contributed by atoms with E-state index >= 15 is 0 Å². The highest BCUT2D eigenvalue weighted by molar-refractivity contribution is 5.24. The zero-order valence-corrected chi connectivity index (χ0v) is 17.7. The van der Waals surface area contributed by atoms with Gasteiger partial charge in [0.15, 0.2) is 0 Å². The van der Waals surface area contributed by atoms with Gasteiger partial charge in [0.1, 0.15) is 11.6 Å². The van der Waals surface area contributed by atoms with Crippen LogP contribution in [0, 0.1) is 24.5 Å². The van der Waals surface area contributed by atoms with Crippen molar-refractivity contribution in [2.45, 2.75) is 53.4 Å². The number of hydrogen-bond acceptors (Lipinski definition) is 1. The van der Waals surface area contributed by atoms with Crippen LogP contribution in [0.3, 0.4) is 0 Å². The number of benzene rings is 2. The Labute approximate surface area is 172 Å². The molecule has 0 aliphatic rings. The van der Waals surface area contributed by atoms with Gasteiger partial charge in [-0.3, -0.25) is 4.90 Å². The number of aromatic nitrogens is 1. The van der Waals surface area contributed by atoms with E-state index in [-0.39, 0.29) is 11.9 Å². The lowest BCUT2D eigenvalue weighted by Gasteiger charge is -2.32. The van der Waals surface area contributed by atoms with E-state index in [1.165, 1.54) is 29.3 Å². The maximum Gasteiger partial charge on any atom is 0.127 e. The van der Waals surface area contributed by atoms with Crippen molar-refractivity contribution in [3.8, 4) is 0 Å². The number of aryl methyl sites for hydroxylation is 1. The summed E-state index contributed by atoms with van der Waals surface area (Å²) in [6.45, 7) is 10.4. The lowest BCUT2D eigenvalue weighted by molar-refractivity contribution is 0.146. The van der Waals surface area contributed by atoms with E-state index in [2.05, 4.69) is 73.7 Å². The van der Waals surface area contributed by atoms with Crippen molar-refractivity contribution in [1.29, 1.82) is 0 Å². The fraction of sp³-hybridized carbons (Fsp3) is 0.360. The summed E-state index contributed by atoms with van der Waals surface area (Å²) >= 11 is 0. The summed E-state index contributed by atoms with van der Waals surface area (Å²) in [6, 6.07) is 16.6. The molecule has 4 heteroatoms. The van der Waals surface area contributed by atoms with Crippen LogP contribution < -0.4 is 0 Å². The van der Waals surface area contributed by atoms with Crippen LogP contribution in [-0.4, -0.2) is 15.5 Å². The molecule has 2 nitrogen and oxygen atoms in total. The van der Waals surface area contributed by atoms with Crippen molar-refractivity contribution >= 4 is 0 Å². The topological polar surface area (TPSA) is 8.17 Å². The number of nitrogens with zero attached hydrogens (tertiary/aromatic N) is 2. The van der Waals surface area contributed by atoms with Gasteiger partial charge in [0, 0.05) is 43.1 Å². The smallest absolute Gasteiger partial charge is 0.127 e. The minimum absolute atomic E-state index is 0.222. The predicted molar refractivity (Wildman–Crippen MR) is 115 cm³/mol. The van der Waals surface area contributed by atoms with Gasteiger partial charge in [0.25, 0.3) is 0 Å². The van der Waals surface area contributed by atoms with Gasteiger partial charge in [-0.25, -0.2) is 8.78 Å². The van der Waals surface area contributed by atoms with Gasteiger partial charge in [-0.2, -0.15) is 0 Å². The molecule has 0 aliphatic heterocycles. The third kappa shape index (κ3) is 5.54. The molecule has 1 atom stereocenters. The van der Waals surface area contributed by atoms with Gasteiger partial charge in [0.05, 0.1) is 0 Å². The first-order valence-electron chi connectivity index (χ1n) is 10.2. The van der Waals surface area contributed by atoms with Gasteiger partial charge in [-0.05, 0) is 55.7 Å². The molecular weight excluding hydrogens is 366 g/mol. The van der Waals surface area contributed by atoms with Gasteiger partial charge in [0.2, 0.25) is 0 Å². The summed E-state index contributed by atoms with van der Waals surface area (Å²) in [5.74, 6) is -0.365. The molecular formula is C25H30F2N2. The van der Waals surface area contributed by atoms with Crippen molar-refractivity contribution in [3.05, 3.63) is 94.8 Å². The van der Waals surface area contributed by atoms with Crippen molar-refractivity contribution in [3.63, 3.8) is 0 Å². The zero-order valence-electron chi connectivity index (χ0n) is 17.7. The molecule has 0 spiro atoms. The van der Waals surface area contributed by atoms with Crippen LogP contribution in [0.2, 0.25) is 0 Å². The van der Waals surface area contributed by atoms with E-state index in [9.17, 15) is 8.78 Å². The molecule has 0 fully saturated rings. The maximum atomic E-state index is 14.3. The van der Waals surface area contributed by atoms with E-state index in [0.717, 1.165) is 12.2 Å². The molecule has 3 rings (SSSR count). The molecule has 154 valence electrons. The predicted octanol–water partition coefficient (Wildman–Crippen LogP) is 6.17. The molecule has 0 unspecified atom stereocenters. The van der Waals surface area contributed by atoms with Crippen LogP contribution >= 0.6 is 0 Å². The Morgan fingerprint density at radius 1 is 0.931 bits per heavy atom. The highest BCUT2D eigenvalue weighted by Gasteiger charge is 2.21. The number of hydrogen-bond donors (Lipinski definition) is 0. The van der Waals surface area contributed by atoms with Crippen molar-refractivity contribution < 1.29 is 8.78 Å². The highest BCUT2D eigenvalue weighted by Crippen LogP contribution is 2.21. The Morgan fingerprint density at radius 3 is 2.45 bits per heavy atom. The number of rotatable bonds is 8. The minimum atomic E-state index is -0.402. The second-order valence-electron chi connectivity index (χ2n) is 8.24. The first-order chi connectivity index (χ1) is 13.8. The zero-order chi connectivity index (χ0) is 21.0. The lowest BCUT2D eigenvalue weighted by Crippen LogP contribution is -2.36. The molecule has 0 saturated heterocycles. The van der Waals surface area contributed by atoms with Gasteiger partial charge in [-0.1, -0.05) is 43.7 Å². The molecule has 3 aromatic rings. The fourth-order valence-corrected chi connectivity index (χ4v) is 3.61. The Morgan fingerprint density at radius 2 is 1.72 bits per heavy atom. The largest absolute Gasteiger partial charge is 0.346 e. The van der Waals surface area contributed by atoms with Gasteiger partial charge < -0.3 is 4.57 Å². The van der Waals surface area contributed by atoms with Crippen LogP contribution in [0.5, 0.6) is 0 Å². The quantitative estimate of drug-likeness (QED) is 0.442. The van der Waals surface area contributed by atoms with Crippen LogP contribution in [-0.2, 0) is 19.6 Å². The Kier molecular flexibility index (Phi) is 6.86. The van der Waals surface area contributed by atoms with Crippen LogP contribution in [0.15, 0.2) is 60.8 Å². The standard InChI is InChI=1S/C25H30F2N2/c1-18(2)20(4)29(16-22-14-23(26)10-11-25(22)27)17-24-9-6-12-28(24)15-21-8-5-7-19(3)13-21/h5-14,18,20H,15-17H2,1-4H3/t20-/m0/s1. The average molecular weight is 397 g/mol. The van der Waals surface area contributed by atoms with Crippen LogP contribution in [0.25, 0.3) is 0 Å². The molecule has 1 heterocycles. The van der Waals surface area contributed by atoms with E-state index in [0.29, 0.717) is 24.6 Å². The SMILES string of the molecule is Cc1cccc(Cn2cccc2CN(Cc2cc(F)ccc2F)[C@@H](C)C(C)C)c1. The lowest BCUT2D eigenvalue weighted by atomic mass is 10.0. The summed E-state index contributed by atoms with van der Waals surface area (Å²) in [6.07, 6.45) is 2.08. The third-order valence-electron chi connectivity index (χ3n) is 5.65. The van der Waals surface area contributed by atoms with E-state index in [1.807, 2.05) is 6.07 Å². The fourth-order valence-electron chi connectivity index (χ4n) is 3.61. The van der Waals surface area contributed by atoms with E-state index < -0.39 is 5.82 Å². The van der Waals surface area contributed by atoms with Crippen LogP contribution in [0.4, 0.5) is 8.78 Å². The first-order valence-corrected chi connectivity index (χ1v) is 10.2. The Hall–Kier alpha value is -2.46. The molecule has 0 N–H and O–H groups in total. The Bertz CT molecular complexity index is 946. The molecule has 0 radical (unpaired) electrons. The van der Waals surface area contributed by atoms with Crippen LogP contribution in [0.1, 0.15) is 43.2 Å². The molecule has 1 aromatic heterocycles. The second kappa shape index (κ2) is 9.36. The van der Waals surface area contributed by atoms with Crippen molar-refractivity contribution in [2.24, 2.45) is 5.92 Å². The molecule has 29 heavy (non-hydrogen) atoms. The summed E-state index contributed by atoms with van der Waals surface area (Å²) in [5.41, 5.74) is 4.06. The molecule has 0 amide bonds. The average Bonchev–Trinajstić information content (AvgIpc) is 3.10.